The van der Waals surface area contributed by atoms with Crippen molar-refractivity contribution in [1.82, 2.24) is 0 Å². The highest BCUT2D eigenvalue weighted by atomic mass is 32.1. The SMILES string of the molecule is Cc1ccccc1C(=O)Nc1scc(-c2ccccc2)c1C(=O)O. The summed E-state index contributed by atoms with van der Waals surface area (Å²) in [6.07, 6.45) is 0. The third-order valence-corrected chi connectivity index (χ3v) is 4.60. The lowest BCUT2D eigenvalue weighted by molar-refractivity contribution is 0.0699. The van der Waals surface area contributed by atoms with E-state index in [4.69, 9.17) is 0 Å². The first-order valence-electron chi connectivity index (χ1n) is 7.35. The van der Waals surface area contributed by atoms with Gasteiger partial charge in [-0.2, -0.15) is 0 Å². The molecule has 3 rings (SSSR count). The van der Waals surface area contributed by atoms with E-state index >= 15 is 0 Å². The Morgan fingerprint density at radius 2 is 1.67 bits per heavy atom. The number of aryl methyl sites for hydroxylation is 1. The summed E-state index contributed by atoms with van der Waals surface area (Å²) in [5.41, 5.74) is 2.90. The van der Waals surface area contributed by atoms with E-state index in [1.165, 1.54) is 11.3 Å². The third kappa shape index (κ3) is 3.07. The lowest BCUT2D eigenvalue weighted by Gasteiger charge is -2.08. The first-order chi connectivity index (χ1) is 11.6. The van der Waals surface area contributed by atoms with Crippen LogP contribution in [0.4, 0.5) is 5.00 Å². The van der Waals surface area contributed by atoms with Gasteiger partial charge in [0.05, 0.1) is 0 Å². The number of carboxylic acid groups (broad SMARTS) is 1. The highest BCUT2D eigenvalue weighted by Gasteiger charge is 2.21. The average Bonchev–Trinajstić information content (AvgIpc) is 2.99. The molecule has 0 saturated heterocycles. The van der Waals surface area contributed by atoms with Gasteiger partial charge in [-0.25, -0.2) is 4.79 Å². The summed E-state index contributed by atoms with van der Waals surface area (Å²) in [6.45, 7) is 1.84. The highest BCUT2D eigenvalue weighted by molar-refractivity contribution is 7.15. The second-order valence-corrected chi connectivity index (χ2v) is 6.17. The number of carbonyl (C=O) groups excluding carboxylic acids is 1. The third-order valence-electron chi connectivity index (χ3n) is 3.71. The Balaban J connectivity index is 1.98. The predicted octanol–water partition coefficient (Wildman–Crippen LogP) is 4.67. The minimum atomic E-state index is -1.06. The number of nitrogens with one attached hydrogen (secondary N) is 1. The summed E-state index contributed by atoms with van der Waals surface area (Å²) in [5.74, 6) is -1.37. The van der Waals surface area contributed by atoms with Crippen molar-refractivity contribution in [3.8, 4) is 11.1 Å². The molecule has 24 heavy (non-hydrogen) atoms. The fraction of sp³-hybridized carbons (Fsp3) is 0.0526. The molecule has 1 heterocycles. The van der Waals surface area contributed by atoms with Crippen LogP contribution in [0.2, 0.25) is 0 Å². The largest absolute Gasteiger partial charge is 0.478 e. The summed E-state index contributed by atoms with van der Waals surface area (Å²) in [4.78, 5) is 24.2. The smallest absolute Gasteiger partial charge is 0.339 e. The predicted molar refractivity (Wildman–Crippen MR) is 95.8 cm³/mol. The van der Waals surface area contributed by atoms with E-state index in [0.717, 1.165) is 11.1 Å². The van der Waals surface area contributed by atoms with Crippen LogP contribution in [-0.2, 0) is 0 Å². The Bertz CT molecular complexity index is 900. The van der Waals surface area contributed by atoms with Crippen LogP contribution < -0.4 is 5.32 Å². The van der Waals surface area contributed by atoms with Gasteiger partial charge in [0, 0.05) is 16.5 Å². The van der Waals surface area contributed by atoms with Crippen molar-refractivity contribution in [2.24, 2.45) is 0 Å². The molecule has 1 amide bonds. The highest BCUT2D eigenvalue weighted by Crippen LogP contribution is 2.35. The van der Waals surface area contributed by atoms with Crippen LogP contribution in [-0.4, -0.2) is 17.0 Å². The van der Waals surface area contributed by atoms with Gasteiger partial charge in [0.2, 0.25) is 0 Å². The molecule has 0 radical (unpaired) electrons. The van der Waals surface area contributed by atoms with E-state index in [1.54, 1.807) is 17.5 Å². The number of carbonyl (C=O) groups is 2. The number of benzene rings is 2. The second-order valence-electron chi connectivity index (χ2n) is 5.29. The van der Waals surface area contributed by atoms with Gasteiger partial charge in [0.25, 0.3) is 5.91 Å². The maximum atomic E-state index is 12.5. The molecule has 5 heteroatoms. The van der Waals surface area contributed by atoms with Crippen LogP contribution in [0.25, 0.3) is 11.1 Å². The van der Waals surface area contributed by atoms with Crippen molar-refractivity contribution in [2.45, 2.75) is 6.92 Å². The van der Waals surface area contributed by atoms with E-state index in [1.807, 2.05) is 49.4 Å². The van der Waals surface area contributed by atoms with Crippen molar-refractivity contribution >= 4 is 28.2 Å². The molecular formula is C19H15NO3S. The number of hydrogen-bond donors (Lipinski definition) is 2. The molecule has 0 aliphatic carbocycles. The second kappa shape index (κ2) is 6.68. The van der Waals surface area contributed by atoms with Crippen LogP contribution in [0.15, 0.2) is 60.0 Å². The minimum Gasteiger partial charge on any atom is -0.478 e. The zero-order valence-electron chi connectivity index (χ0n) is 12.9. The minimum absolute atomic E-state index is 0.119. The molecule has 0 saturated carbocycles. The number of aromatic carboxylic acids is 1. The molecule has 0 unspecified atom stereocenters. The number of hydrogen-bond acceptors (Lipinski definition) is 3. The van der Waals surface area contributed by atoms with E-state index in [2.05, 4.69) is 5.32 Å². The summed E-state index contributed by atoms with van der Waals surface area (Å²) in [7, 11) is 0. The van der Waals surface area contributed by atoms with E-state index in [9.17, 15) is 14.7 Å². The molecule has 2 aromatic carbocycles. The molecular weight excluding hydrogens is 322 g/mol. The topological polar surface area (TPSA) is 66.4 Å². The zero-order valence-corrected chi connectivity index (χ0v) is 13.8. The number of rotatable bonds is 4. The van der Waals surface area contributed by atoms with Gasteiger partial charge in [-0.1, -0.05) is 48.5 Å². The molecule has 0 aliphatic rings. The molecule has 0 spiro atoms. The maximum Gasteiger partial charge on any atom is 0.339 e. The summed E-state index contributed by atoms with van der Waals surface area (Å²) < 4.78 is 0. The summed E-state index contributed by atoms with van der Waals surface area (Å²) in [6, 6.07) is 16.5. The van der Waals surface area contributed by atoms with Crippen molar-refractivity contribution < 1.29 is 14.7 Å². The van der Waals surface area contributed by atoms with Crippen LogP contribution in [0, 0.1) is 6.92 Å². The molecule has 4 nitrogen and oxygen atoms in total. The van der Waals surface area contributed by atoms with Gasteiger partial charge < -0.3 is 10.4 Å². The summed E-state index contributed by atoms with van der Waals surface area (Å²) in [5, 5.41) is 14.4. The lowest BCUT2D eigenvalue weighted by atomic mass is 10.0. The molecule has 1 aromatic heterocycles. The van der Waals surface area contributed by atoms with Gasteiger partial charge in [0.15, 0.2) is 0 Å². The Hall–Kier alpha value is -2.92. The molecule has 0 aliphatic heterocycles. The summed E-state index contributed by atoms with van der Waals surface area (Å²) >= 11 is 1.22. The Morgan fingerprint density at radius 1 is 1.00 bits per heavy atom. The molecule has 3 aromatic rings. The van der Waals surface area contributed by atoms with Gasteiger partial charge >= 0.3 is 5.97 Å². The first-order valence-corrected chi connectivity index (χ1v) is 8.23. The van der Waals surface area contributed by atoms with E-state index in [0.29, 0.717) is 16.1 Å². The van der Waals surface area contributed by atoms with Crippen molar-refractivity contribution in [3.63, 3.8) is 0 Å². The van der Waals surface area contributed by atoms with Gasteiger partial charge in [-0.3, -0.25) is 4.79 Å². The first kappa shape index (κ1) is 16.0. The van der Waals surface area contributed by atoms with Gasteiger partial charge in [-0.05, 0) is 24.1 Å². The fourth-order valence-corrected chi connectivity index (χ4v) is 3.45. The van der Waals surface area contributed by atoms with Crippen LogP contribution in [0.1, 0.15) is 26.3 Å². The van der Waals surface area contributed by atoms with Crippen molar-refractivity contribution in [3.05, 3.63) is 76.7 Å². The number of carboxylic acids is 1. The van der Waals surface area contributed by atoms with Crippen molar-refractivity contribution in [1.29, 1.82) is 0 Å². The van der Waals surface area contributed by atoms with Crippen molar-refractivity contribution in [2.75, 3.05) is 5.32 Å². The number of amides is 1. The number of thiophene rings is 1. The lowest BCUT2D eigenvalue weighted by Crippen LogP contribution is -2.14. The monoisotopic (exact) mass is 337 g/mol. The Labute approximate surface area is 143 Å². The van der Waals surface area contributed by atoms with Crippen LogP contribution in [0.5, 0.6) is 0 Å². The van der Waals surface area contributed by atoms with E-state index in [-0.39, 0.29) is 11.5 Å². The molecule has 120 valence electrons. The normalized spacial score (nSPS) is 10.4. The fourth-order valence-electron chi connectivity index (χ4n) is 2.49. The molecule has 0 bridgehead atoms. The molecule has 0 atom stereocenters. The number of anilines is 1. The van der Waals surface area contributed by atoms with E-state index < -0.39 is 5.97 Å². The van der Waals surface area contributed by atoms with Gasteiger partial charge in [-0.15, -0.1) is 11.3 Å². The van der Waals surface area contributed by atoms with Gasteiger partial charge in [0.1, 0.15) is 10.6 Å². The standard InChI is InChI=1S/C19H15NO3S/c1-12-7-5-6-10-14(12)17(21)20-18-16(19(22)23)15(11-24-18)13-8-3-2-4-9-13/h2-11H,1H3,(H,20,21)(H,22,23). The Morgan fingerprint density at radius 3 is 2.33 bits per heavy atom. The average molecular weight is 337 g/mol. The molecule has 0 fully saturated rings. The van der Waals surface area contributed by atoms with Crippen LogP contribution >= 0.6 is 11.3 Å². The van der Waals surface area contributed by atoms with Crippen LogP contribution in [0.3, 0.4) is 0 Å². The quantitative estimate of drug-likeness (QED) is 0.727. The zero-order chi connectivity index (χ0) is 17.1. The Kier molecular flexibility index (Phi) is 4.44. The maximum absolute atomic E-state index is 12.5. The molecule has 2 N–H and O–H groups in total.